The standard InChI is InChI=1S/C19H16N2O2S/c22-18(10-9-17-7-4-12-24-17)21-14-15-5-3-6-16(13-15)23-19-8-1-2-11-20-19/h1-13H,14H2,(H,21,22). The second-order valence-electron chi connectivity index (χ2n) is 4.98. The predicted octanol–water partition coefficient (Wildman–Crippen LogP) is 4.27. The fraction of sp³-hybridized carbons (Fsp3) is 0.0526. The Morgan fingerprint density at radius 1 is 1.17 bits per heavy atom. The zero-order chi connectivity index (χ0) is 16.6. The van der Waals surface area contributed by atoms with Gasteiger partial charge < -0.3 is 10.1 Å². The maximum atomic E-state index is 11.9. The molecule has 0 atom stereocenters. The zero-order valence-corrected chi connectivity index (χ0v) is 13.7. The van der Waals surface area contributed by atoms with Gasteiger partial charge in [0.1, 0.15) is 5.75 Å². The number of hydrogen-bond acceptors (Lipinski definition) is 4. The Morgan fingerprint density at radius 3 is 2.92 bits per heavy atom. The number of carbonyl (C=O) groups excluding carboxylic acids is 1. The summed E-state index contributed by atoms with van der Waals surface area (Å²) < 4.78 is 5.69. The summed E-state index contributed by atoms with van der Waals surface area (Å²) >= 11 is 1.59. The number of benzene rings is 1. The van der Waals surface area contributed by atoms with Crippen LogP contribution in [0.3, 0.4) is 0 Å². The van der Waals surface area contributed by atoms with Crippen LogP contribution < -0.4 is 10.1 Å². The van der Waals surface area contributed by atoms with Gasteiger partial charge in [0.25, 0.3) is 0 Å². The topological polar surface area (TPSA) is 51.2 Å². The third-order valence-electron chi connectivity index (χ3n) is 3.17. The van der Waals surface area contributed by atoms with E-state index >= 15 is 0 Å². The Bertz CT molecular complexity index is 814. The summed E-state index contributed by atoms with van der Waals surface area (Å²) in [6, 6.07) is 17.0. The maximum absolute atomic E-state index is 11.9. The number of thiophene rings is 1. The van der Waals surface area contributed by atoms with Crippen LogP contribution in [0.5, 0.6) is 11.6 Å². The minimum absolute atomic E-state index is 0.126. The summed E-state index contributed by atoms with van der Waals surface area (Å²) in [6.45, 7) is 0.438. The fourth-order valence-electron chi connectivity index (χ4n) is 2.04. The zero-order valence-electron chi connectivity index (χ0n) is 12.9. The third kappa shape index (κ3) is 4.79. The number of hydrogen-bond donors (Lipinski definition) is 1. The van der Waals surface area contributed by atoms with Gasteiger partial charge in [-0.05, 0) is 41.3 Å². The van der Waals surface area contributed by atoms with E-state index in [4.69, 9.17) is 4.74 Å². The summed E-state index contributed by atoms with van der Waals surface area (Å²) in [5.74, 6) is 1.10. The lowest BCUT2D eigenvalue weighted by atomic mass is 10.2. The molecule has 120 valence electrons. The first-order chi connectivity index (χ1) is 11.8. The van der Waals surface area contributed by atoms with Gasteiger partial charge in [0, 0.05) is 29.8 Å². The Labute approximate surface area is 144 Å². The number of nitrogens with zero attached hydrogens (tertiary/aromatic N) is 1. The minimum atomic E-state index is -0.126. The van der Waals surface area contributed by atoms with E-state index in [-0.39, 0.29) is 5.91 Å². The van der Waals surface area contributed by atoms with Crippen LogP contribution >= 0.6 is 11.3 Å². The van der Waals surface area contributed by atoms with Crippen LogP contribution in [0.2, 0.25) is 0 Å². The first-order valence-corrected chi connectivity index (χ1v) is 8.35. The van der Waals surface area contributed by atoms with Gasteiger partial charge in [-0.2, -0.15) is 0 Å². The molecule has 0 aliphatic carbocycles. The molecule has 2 aromatic heterocycles. The van der Waals surface area contributed by atoms with Crippen LogP contribution in [0.15, 0.2) is 72.3 Å². The van der Waals surface area contributed by atoms with Crippen molar-refractivity contribution in [2.75, 3.05) is 0 Å². The summed E-state index contributed by atoms with van der Waals surface area (Å²) in [5, 5.41) is 4.84. The van der Waals surface area contributed by atoms with Crippen molar-refractivity contribution in [1.29, 1.82) is 0 Å². The van der Waals surface area contributed by atoms with Crippen LogP contribution in [0.1, 0.15) is 10.4 Å². The van der Waals surface area contributed by atoms with E-state index < -0.39 is 0 Å². The third-order valence-corrected chi connectivity index (χ3v) is 4.01. The van der Waals surface area contributed by atoms with Gasteiger partial charge in [0.15, 0.2) is 0 Å². The molecule has 4 nitrogen and oxygen atoms in total. The van der Waals surface area contributed by atoms with E-state index in [0.29, 0.717) is 18.2 Å². The molecule has 0 saturated heterocycles. The Balaban J connectivity index is 1.55. The molecular weight excluding hydrogens is 320 g/mol. The Hall–Kier alpha value is -2.92. The Kier molecular flexibility index (Phi) is 5.37. The van der Waals surface area contributed by atoms with Crippen LogP contribution in [0.25, 0.3) is 6.08 Å². The van der Waals surface area contributed by atoms with Gasteiger partial charge in [-0.25, -0.2) is 4.98 Å². The second-order valence-corrected chi connectivity index (χ2v) is 5.96. The highest BCUT2D eigenvalue weighted by molar-refractivity contribution is 7.10. The second kappa shape index (κ2) is 8.08. The van der Waals surface area contributed by atoms with Crippen molar-refractivity contribution >= 4 is 23.3 Å². The highest BCUT2D eigenvalue weighted by atomic mass is 32.1. The molecule has 24 heavy (non-hydrogen) atoms. The normalized spacial score (nSPS) is 10.7. The molecule has 1 amide bonds. The maximum Gasteiger partial charge on any atom is 0.244 e. The van der Waals surface area contributed by atoms with E-state index in [2.05, 4.69) is 10.3 Å². The van der Waals surface area contributed by atoms with Gasteiger partial charge in [-0.3, -0.25) is 4.79 Å². The number of rotatable bonds is 6. The molecule has 0 spiro atoms. The van der Waals surface area contributed by atoms with Gasteiger partial charge in [-0.1, -0.05) is 24.3 Å². The largest absolute Gasteiger partial charge is 0.439 e. The Morgan fingerprint density at radius 2 is 2.12 bits per heavy atom. The van der Waals surface area contributed by atoms with Gasteiger partial charge in [0.05, 0.1) is 0 Å². The summed E-state index contributed by atoms with van der Waals surface area (Å²) in [4.78, 5) is 17.0. The van der Waals surface area contributed by atoms with Crippen molar-refractivity contribution in [2.45, 2.75) is 6.54 Å². The first kappa shape index (κ1) is 16.0. The minimum Gasteiger partial charge on any atom is -0.439 e. The highest BCUT2D eigenvalue weighted by Crippen LogP contribution is 2.19. The van der Waals surface area contributed by atoms with Crippen LogP contribution in [0.4, 0.5) is 0 Å². The highest BCUT2D eigenvalue weighted by Gasteiger charge is 2.01. The molecule has 3 rings (SSSR count). The van der Waals surface area contributed by atoms with Crippen molar-refractivity contribution in [2.24, 2.45) is 0 Å². The molecule has 5 heteroatoms. The van der Waals surface area contributed by atoms with Gasteiger partial charge >= 0.3 is 0 Å². The van der Waals surface area contributed by atoms with E-state index in [1.54, 1.807) is 35.8 Å². The first-order valence-electron chi connectivity index (χ1n) is 7.47. The number of ether oxygens (including phenoxy) is 1. The number of amides is 1. The smallest absolute Gasteiger partial charge is 0.244 e. The molecule has 0 unspecified atom stereocenters. The summed E-state index contributed by atoms with van der Waals surface area (Å²) in [5.41, 5.74) is 0.960. The van der Waals surface area contributed by atoms with E-state index in [1.807, 2.05) is 53.9 Å². The molecular formula is C19H16N2O2S. The fourth-order valence-corrected chi connectivity index (χ4v) is 2.66. The van der Waals surface area contributed by atoms with Crippen molar-refractivity contribution in [1.82, 2.24) is 10.3 Å². The molecule has 3 aromatic rings. The lowest BCUT2D eigenvalue weighted by Gasteiger charge is -2.07. The predicted molar refractivity (Wildman–Crippen MR) is 96.0 cm³/mol. The SMILES string of the molecule is O=C(C=Cc1cccs1)NCc1cccc(Oc2ccccn2)c1. The van der Waals surface area contributed by atoms with Gasteiger partial charge in [-0.15, -0.1) is 11.3 Å². The average Bonchev–Trinajstić information content (AvgIpc) is 3.13. The molecule has 0 saturated carbocycles. The number of carbonyl (C=O) groups is 1. The lowest BCUT2D eigenvalue weighted by Crippen LogP contribution is -2.20. The molecule has 0 aliphatic rings. The molecule has 0 fully saturated rings. The van der Waals surface area contributed by atoms with Crippen molar-refractivity contribution in [3.05, 3.63) is 82.7 Å². The van der Waals surface area contributed by atoms with Gasteiger partial charge in [0.2, 0.25) is 11.8 Å². The molecule has 1 aromatic carbocycles. The molecule has 1 N–H and O–H groups in total. The number of nitrogens with one attached hydrogen (secondary N) is 1. The van der Waals surface area contributed by atoms with E-state index in [1.165, 1.54) is 0 Å². The van der Waals surface area contributed by atoms with E-state index in [0.717, 1.165) is 10.4 Å². The van der Waals surface area contributed by atoms with E-state index in [9.17, 15) is 4.79 Å². The molecule has 0 radical (unpaired) electrons. The van der Waals surface area contributed by atoms with Crippen LogP contribution in [0, 0.1) is 0 Å². The molecule has 2 heterocycles. The number of pyridine rings is 1. The van der Waals surface area contributed by atoms with Crippen LogP contribution in [-0.4, -0.2) is 10.9 Å². The monoisotopic (exact) mass is 336 g/mol. The summed E-state index contributed by atoms with van der Waals surface area (Å²) in [7, 11) is 0. The molecule has 0 bridgehead atoms. The quantitative estimate of drug-likeness (QED) is 0.684. The van der Waals surface area contributed by atoms with Crippen molar-refractivity contribution < 1.29 is 9.53 Å². The lowest BCUT2D eigenvalue weighted by molar-refractivity contribution is -0.116. The van der Waals surface area contributed by atoms with Crippen molar-refractivity contribution in [3.8, 4) is 11.6 Å². The average molecular weight is 336 g/mol. The molecule has 0 aliphatic heterocycles. The van der Waals surface area contributed by atoms with Crippen LogP contribution in [-0.2, 0) is 11.3 Å². The number of aromatic nitrogens is 1. The van der Waals surface area contributed by atoms with Crippen molar-refractivity contribution in [3.63, 3.8) is 0 Å². The summed E-state index contributed by atoms with van der Waals surface area (Å²) in [6.07, 6.45) is 5.03.